The minimum absolute atomic E-state index is 0.176. The molecule has 2 unspecified atom stereocenters. The molecule has 1 aromatic heterocycles. The van der Waals surface area contributed by atoms with E-state index in [0.29, 0.717) is 13.0 Å². The summed E-state index contributed by atoms with van der Waals surface area (Å²) >= 11 is -2.17. The maximum atomic E-state index is 11.9. The van der Waals surface area contributed by atoms with Gasteiger partial charge in [-0.25, -0.2) is 9.69 Å². The van der Waals surface area contributed by atoms with Gasteiger partial charge >= 0.3 is 0 Å². The summed E-state index contributed by atoms with van der Waals surface area (Å²) in [6.45, 7) is 1.86. The van der Waals surface area contributed by atoms with Gasteiger partial charge in [0.2, 0.25) is 5.91 Å². The third-order valence-electron chi connectivity index (χ3n) is 4.98. The molecule has 1 amide bonds. The summed E-state index contributed by atoms with van der Waals surface area (Å²) in [6, 6.07) is 5.73. The highest BCUT2D eigenvalue weighted by Gasteiger charge is 2.35. The van der Waals surface area contributed by atoms with Crippen LogP contribution >= 0.6 is 0 Å². The predicted molar refractivity (Wildman–Crippen MR) is 98.6 cm³/mol. The highest BCUT2D eigenvalue weighted by atomic mass is 32.2. The van der Waals surface area contributed by atoms with Gasteiger partial charge in [-0.1, -0.05) is 18.2 Å². The fraction of sp³-hybridized carbons (Fsp3) is 0.389. The Labute approximate surface area is 158 Å². The van der Waals surface area contributed by atoms with Crippen molar-refractivity contribution in [2.75, 3.05) is 5.75 Å². The maximum Gasteiger partial charge on any atom is 0.250 e. The molecule has 0 fully saturated rings. The second kappa shape index (κ2) is 7.71. The number of hydrogen-bond acceptors (Lipinski definition) is 5. The van der Waals surface area contributed by atoms with Crippen molar-refractivity contribution < 1.29 is 23.6 Å². The van der Waals surface area contributed by atoms with Crippen molar-refractivity contribution in [1.29, 1.82) is 0 Å². The third-order valence-corrected chi connectivity index (χ3v) is 5.86. The van der Waals surface area contributed by atoms with Gasteiger partial charge < -0.3 is 4.55 Å². The first kappa shape index (κ1) is 19.4. The maximum absolute atomic E-state index is 11.9. The summed E-state index contributed by atoms with van der Waals surface area (Å²) in [4.78, 5) is 23.6. The minimum atomic E-state index is -2.17. The molecule has 3 rings (SSSR count). The van der Waals surface area contributed by atoms with Crippen molar-refractivity contribution in [3.05, 3.63) is 41.7 Å². The molecule has 2 aromatic rings. The summed E-state index contributed by atoms with van der Waals surface area (Å²) in [5, 5.41) is 13.2. The Kier molecular flexibility index (Phi) is 5.54. The number of Topliss-reactive ketones (excluding diaryl/α,β-unsaturated/α-hetero) is 1. The van der Waals surface area contributed by atoms with Crippen LogP contribution in [0.1, 0.15) is 35.7 Å². The van der Waals surface area contributed by atoms with Crippen molar-refractivity contribution in [3.63, 3.8) is 0 Å². The molecule has 1 heterocycles. The third kappa shape index (κ3) is 4.15. The van der Waals surface area contributed by atoms with E-state index in [-0.39, 0.29) is 18.0 Å². The number of nitrogens with zero attached hydrogens (tertiary/aromatic N) is 2. The van der Waals surface area contributed by atoms with Gasteiger partial charge in [-0.2, -0.15) is 5.10 Å². The summed E-state index contributed by atoms with van der Waals surface area (Å²) in [6.07, 6.45) is 5.06. The molecule has 0 radical (unpaired) electrons. The molecule has 27 heavy (non-hydrogen) atoms. The second-order valence-corrected chi connectivity index (χ2v) is 7.94. The van der Waals surface area contributed by atoms with Crippen molar-refractivity contribution >= 4 is 22.8 Å². The van der Waals surface area contributed by atoms with Crippen LogP contribution < -0.4 is 5.48 Å². The van der Waals surface area contributed by atoms with Gasteiger partial charge in [0.05, 0.1) is 17.4 Å². The van der Waals surface area contributed by atoms with Crippen molar-refractivity contribution in [3.8, 4) is 11.1 Å². The lowest BCUT2D eigenvalue weighted by Gasteiger charge is -2.25. The van der Waals surface area contributed by atoms with Crippen LogP contribution in [0.25, 0.3) is 11.1 Å². The fourth-order valence-corrected chi connectivity index (χ4v) is 4.11. The van der Waals surface area contributed by atoms with E-state index in [4.69, 9.17) is 9.76 Å². The van der Waals surface area contributed by atoms with E-state index in [1.54, 1.807) is 16.4 Å². The average molecular weight is 391 g/mol. The molecule has 0 aliphatic heterocycles. The number of nitrogens with one attached hydrogen (secondary N) is 1. The number of aryl methyl sites for hydroxylation is 2. The number of rotatable bonds is 7. The number of carbonyl (C=O) groups is 2. The molecule has 0 spiro atoms. The molecular formula is C18H21N3O5S. The Balaban J connectivity index is 1.73. The van der Waals surface area contributed by atoms with Crippen LogP contribution in [0.15, 0.2) is 30.6 Å². The van der Waals surface area contributed by atoms with Gasteiger partial charge in [-0.15, -0.1) is 0 Å². The molecule has 2 atom stereocenters. The number of carbonyl (C=O) groups excluding carboxylic acids is 2. The summed E-state index contributed by atoms with van der Waals surface area (Å²) in [7, 11) is 0. The minimum Gasteiger partial charge on any atom is -0.306 e. The zero-order valence-electron chi connectivity index (χ0n) is 14.8. The number of amides is 1. The normalized spacial score (nSPS) is 16.6. The lowest BCUT2D eigenvalue weighted by atomic mass is 9.88. The predicted octanol–water partition coefficient (Wildman–Crippen LogP) is 1.80. The number of hydrogen-bond donors (Lipinski definition) is 3. The Morgan fingerprint density at radius 2 is 2.15 bits per heavy atom. The van der Waals surface area contributed by atoms with Crippen LogP contribution in [0, 0.1) is 5.41 Å². The molecule has 0 saturated carbocycles. The van der Waals surface area contributed by atoms with Gasteiger partial charge in [0, 0.05) is 30.3 Å². The topological polar surface area (TPSA) is 122 Å². The Morgan fingerprint density at radius 1 is 1.37 bits per heavy atom. The summed E-state index contributed by atoms with van der Waals surface area (Å²) in [5.41, 5.74) is 4.04. The fourth-order valence-electron chi connectivity index (χ4n) is 3.29. The molecule has 1 aliphatic rings. The van der Waals surface area contributed by atoms with E-state index in [1.165, 1.54) is 6.92 Å². The Hall–Kier alpha value is -2.36. The van der Waals surface area contributed by atoms with E-state index in [2.05, 4.69) is 5.10 Å². The second-order valence-electron chi connectivity index (χ2n) is 7.00. The van der Waals surface area contributed by atoms with Crippen molar-refractivity contribution in [1.82, 2.24) is 15.3 Å². The SMILES string of the molecule is CC(CCn1cc(-c2ccc3c(c2)CCC3=O)cn1)(CS(=O)O)C(=O)NO. The lowest BCUT2D eigenvalue weighted by Crippen LogP contribution is -2.42. The zero-order valence-corrected chi connectivity index (χ0v) is 15.7. The van der Waals surface area contributed by atoms with E-state index in [0.717, 1.165) is 28.7 Å². The Bertz CT molecular complexity index is 910. The first-order valence-electron chi connectivity index (χ1n) is 8.53. The molecule has 3 N–H and O–H groups in total. The highest BCUT2D eigenvalue weighted by Crippen LogP contribution is 2.28. The monoisotopic (exact) mass is 391 g/mol. The van der Waals surface area contributed by atoms with Gasteiger partial charge in [-0.05, 0) is 30.9 Å². The molecule has 144 valence electrons. The number of ketones is 1. The van der Waals surface area contributed by atoms with Crippen molar-refractivity contribution in [2.45, 2.75) is 32.7 Å². The van der Waals surface area contributed by atoms with Crippen LogP contribution in [0.2, 0.25) is 0 Å². The van der Waals surface area contributed by atoms with Gasteiger partial charge in [0.25, 0.3) is 0 Å². The number of fused-ring (bicyclic) bond motifs is 1. The average Bonchev–Trinajstić information content (AvgIpc) is 3.25. The molecule has 0 bridgehead atoms. The van der Waals surface area contributed by atoms with Crippen LogP contribution in [-0.4, -0.2) is 41.2 Å². The quantitative estimate of drug-likeness (QED) is 0.376. The number of benzene rings is 1. The largest absolute Gasteiger partial charge is 0.306 e. The Morgan fingerprint density at radius 3 is 2.85 bits per heavy atom. The molecule has 0 saturated heterocycles. The smallest absolute Gasteiger partial charge is 0.250 e. The van der Waals surface area contributed by atoms with Gasteiger partial charge in [-0.3, -0.25) is 19.5 Å². The van der Waals surface area contributed by atoms with E-state index in [9.17, 15) is 13.8 Å². The molecular weight excluding hydrogens is 370 g/mol. The highest BCUT2D eigenvalue weighted by molar-refractivity contribution is 7.79. The molecule has 1 aliphatic carbocycles. The summed E-state index contributed by atoms with van der Waals surface area (Å²) < 4.78 is 21.9. The first-order valence-corrected chi connectivity index (χ1v) is 9.81. The first-order chi connectivity index (χ1) is 12.8. The molecule has 9 heteroatoms. The van der Waals surface area contributed by atoms with Crippen LogP contribution in [0.3, 0.4) is 0 Å². The van der Waals surface area contributed by atoms with Gasteiger partial charge in [0.15, 0.2) is 16.9 Å². The summed E-state index contributed by atoms with van der Waals surface area (Å²) in [5.74, 6) is -0.817. The van der Waals surface area contributed by atoms with E-state index < -0.39 is 22.4 Å². The number of aromatic nitrogens is 2. The van der Waals surface area contributed by atoms with Gasteiger partial charge in [0.1, 0.15) is 0 Å². The zero-order chi connectivity index (χ0) is 19.6. The van der Waals surface area contributed by atoms with E-state index in [1.807, 2.05) is 24.4 Å². The van der Waals surface area contributed by atoms with E-state index >= 15 is 0 Å². The number of hydroxylamine groups is 1. The van der Waals surface area contributed by atoms with Crippen molar-refractivity contribution in [2.24, 2.45) is 5.41 Å². The standard InChI is InChI=1S/C18H21N3O5S/c1-18(11-27(25)26,17(23)20-24)6-7-21-10-14(9-19-21)12-2-4-15-13(8-12)3-5-16(15)22/h2,4,8-10,24H,3,5-7,11H2,1H3,(H,20,23)(H,25,26). The van der Waals surface area contributed by atoms with Crippen LogP contribution in [0.5, 0.6) is 0 Å². The molecule has 1 aromatic carbocycles. The van der Waals surface area contributed by atoms with Crippen LogP contribution in [-0.2, 0) is 28.8 Å². The molecule has 8 nitrogen and oxygen atoms in total. The van der Waals surface area contributed by atoms with Crippen LogP contribution in [0.4, 0.5) is 0 Å². The lowest BCUT2D eigenvalue weighted by molar-refractivity contribution is -0.138.